The van der Waals surface area contributed by atoms with Gasteiger partial charge in [-0.3, -0.25) is 19.2 Å². The monoisotopic (exact) mass is 390 g/mol. The molecule has 0 aliphatic rings. The maximum absolute atomic E-state index is 12.0. The third-order valence-electron chi connectivity index (χ3n) is 3.31. The lowest BCUT2D eigenvalue weighted by Gasteiger charge is -2.20. The summed E-state index contributed by atoms with van der Waals surface area (Å²) < 4.78 is 0. The minimum absolute atomic E-state index is 0.164. The molecule has 3 amide bonds. The van der Waals surface area contributed by atoms with Crippen LogP contribution in [0.1, 0.15) is 26.7 Å². The van der Waals surface area contributed by atoms with Gasteiger partial charge >= 0.3 is 11.9 Å². The van der Waals surface area contributed by atoms with Crippen molar-refractivity contribution in [2.75, 3.05) is 13.2 Å². The molecule has 12 nitrogen and oxygen atoms in total. The van der Waals surface area contributed by atoms with Crippen LogP contribution in [0.5, 0.6) is 0 Å². The summed E-state index contributed by atoms with van der Waals surface area (Å²) in [4.78, 5) is 57.3. The predicted molar refractivity (Wildman–Crippen MR) is 91.3 cm³/mol. The van der Waals surface area contributed by atoms with Gasteiger partial charge in [-0.1, -0.05) is 13.8 Å². The van der Waals surface area contributed by atoms with Crippen LogP contribution in [-0.4, -0.2) is 76.3 Å². The smallest absolute Gasteiger partial charge is 0.328 e. The van der Waals surface area contributed by atoms with Gasteiger partial charge in [0.1, 0.15) is 12.1 Å². The number of rotatable bonds is 12. The summed E-state index contributed by atoms with van der Waals surface area (Å²) in [6.45, 7) is 2.27. The Bertz CT molecular complexity index is 566. The normalized spacial score (nSPS) is 14.0. The van der Waals surface area contributed by atoms with Crippen molar-refractivity contribution in [1.29, 1.82) is 0 Å². The molecule has 0 aromatic rings. The summed E-state index contributed by atoms with van der Waals surface area (Å²) >= 11 is 0. The van der Waals surface area contributed by atoms with Gasteiger partial charge < -0.3 is 37.0 Å². The van der Waals surface area contributed by atoms with Gasteiger partial charge in [0.05, 0.1) is 25.6 Å². The SMILES string of the molecule is CC(C)CC(N)C(=O)NCC(=O)NC(CC(=O)O)C(=O)NC(CO)C(=O)O. The minimum atomic E-state index is -1.65. The van der Waals surface area contributed by atoms with E-state index in [-0.39, 0.29) is 5.92 Å². The predicted octanol–water partition coefficient (Wildman–Crippen LogP) is -3.00. The maximum Gasteiger partial charge on any atom is 0.328 e. The number of aliphatic hydroxyl groups excluding tert-OH is 1. The molecular formula is C15H26N4O8. The lowest BCUT2D eigenvalue weighted by molar-refractivity contribution is -0.144. The molecule has 0 aliphatic carbocycles. The Morgan fingerprint density at radius 2 is 1.56 bits per heavy atom. The number of hydrogen-bond acceptors (Lipinski definition) is 7. The van der Waals surface area contributed by atoms with Crippen LogP contribution >= 0.6 is 0 Å². The summed E-state index contributed by atoms with van der Waals surface area (Å²) in [5, 5.41) is 32.8. The highest BCUT2D eigenvalue weighted by Crippen LogP contribution is 2.02. The van der Waals surface area contributed by atoms with Crippen molar-refractivity contribution in [2.24, 2.45) is 11.7 Å². The van der Waals surface area contributed by atoms with Gasteiger partial charge in [-0.2, -0.15) is 0 Å². The molecule has 0 spiro atoms. The second-order valence-electron chi connectivity index (χ2n) is 6.25. The van der Waals surface area contributed by atoms with E-state index in [0.29, 0.717) is 6.42 Å². The lowest BCUT2D eigenvalue weighted by atomic mass is 10.0. The van der Waals surface area contributed by atoms with Gasteiger partial charge in [0.2, 0.25) is 17.7 Å². The number of carboxylic acids is 2. The fourth-order valence-electron chi connectivity index (χ4n) is 2.00. The first-order chi connectivity index (χ1) is 12.5. The number of carbonyl (C=O) groups is 5. The molecule has 0 aliphatic heterocycles. The highest BCUT2D eigenvalue weighted by Gasteiger charge is 2.28. The Hall–Kier alpha value is -2.73. The molecule has 3 unspecified atom stereocenters. The van der Waals surface area contributed by atoms with Crippen LogP contribution in [0.4, 0.5) is 0 Å². The van der Waals surface area contributed by atoms with Gasteiger partial charge in [-0.15, -0.1) is 0 Å². The van der Waals surface area contributed by atoms with Crippen LogP contribution in [0.3, 0.4) is 0 Å². The van der Waals surface area contributed by atoms with Crippen LogP contribution in [0, 0.1) is 5.92 Å². The first-order valence-electron chi connectivity index (χ1n) is 8.16. The van der Waals surface area contributed by atoms with E-state index in [4.69, 9.17) is 21.1 Å². The summed E-state index contributed by atoms with van der Waals surface area (Å²) in [6.07, 6.45) is -0.425. The quantitative estimate of drug-likeness (QED) is 0.181. The lowest BCUT2D eigenvalue weighted by Crippen LogP contribution is -2.55. The van der Waals surface area contributed by atoms with E-state index >= 15 is 0 Å². The van der Waals surface area contributed by atoms with Gasteiger partial charge in [-0.25, -0.2) is 4.79 Å². The molecule has 0 radical (unpaired) electrons. The molecule has 154 valence electrons. The number of carbonyl (C=O) groups excluding carboxylic acids is 3. The molecule has 0 heterocycles. The fraction of sp³-hybridized carbons (Fsp3) is 0.667. The molecule has 0 rings (SSSR count). The van der Waals surface area contributed by atoms with Crippen molar-refractivity contribution in [3.8, 4) is 0 Å². The molecule has 12 heteroatoms. The maximum atomic E-state index is 12.0. The average Bonchev–Trinajstić information content (AvgIpc) is 2.55. The first kappa shape index (κ1) is 24.3. The molecule has 0 aromatic carbocycles. The summed E-state index contributed by atoms with van der Waals surface area (Å²) in [5.74, 6) is -5.33. The summed E-state index contributed by atoms with van der Waals surface area (Å²) in [7, 11) is 0. The summed E-state index contributed by atoms with van der Waals surface area (Å²) in [6, 6.07) is -4.07. The van der Waals surface area contributed by atoms with E-state index in [2.05, 4.69) is 10.6 Å². The standard InChI is InChI=1S/C15H26N4O8/c1-7(2)3-8(16)13(24)17-5-11(21)18-9(4-12(22)23)14(25)19-10(6-20)15(26)27/h7-10,20H,3-6,16H2,1-2H3,(H,17,24)(H,18,21)(H,19,25)(H,22,23)(H,26,27). The number of aliphatic hydroxyl groups is 1. The van der Waals surface area contributed by atoms with Crippen LogP contribution in [0.2, 0.25) is 0 Å². The number of nitrogens with one attached hydrogen (secondary N) is 3. The Kier molecular flexibility index (Phi) is 10.6. The van der Waals surface area contributed by atoms with Gasteiger partial charge in [0.25, 0.3) is 0 Å². The second-order valence-corrected chi connectivity index (χ2v) is 6.25. The van der Waals surface area contributed by atoms with Crippen LogP contribution in [0.15, 0.2) is 0 Å². The third kappa shape index (κ3) is 10.1. The third-order valence-corrected chi connectivity index (χ3v) is 3.31. The Morgan fingerprint density at radius 1 is 0.963 bits per heavy atom. The zero-order valence-electron chi connectivity index (χ0n) is 15.1. The highest BCUT2D eigenvalue weighted by atomic mass is 16.4. The molecular weight excluding hydrogens is 364 g/mol. The molecule has 8 N–H and O–H groups in total. The van der Waals surface area contributed by atoms with Crippen molar-refractivity contribution in [2.45, 2.75) is 44.8 Å². The van der Waals surface area contributed by atoms with Gasteiger partial charge in [0.15, 0.2) is 0 Å². The van der Waals surface area contributed by atoms with Gasteiger partial charge in [0, 0.05) is 0 Å². The molecule has 0 bridgehead atoms. The molecule has 3 atom stereocenters. The van der Waals surface area contributed by atoms with Gasteiger partial charge in [-0.05, 0) is 12.3 Å². The number of amides is 3. The topological polar surface area (TPSA) is 208 Å². The Labute approximate surface area is 155 Å². The number of aliphatic carboxylic acids is 2. The largest absolute Gasteiger partial charge is 0.481 e. The summed E-state index contributed by atoms with van der Waals surface area (Å²) in [5.41, 5.74) is 5.65. The average molecular weight is 390 g/mol. The van der Waals surface area contributed by atoms with E-state index in [9.17, 15) is 24.0 Å². The minimum Gasteiger partial charge on any atom is -0.481 e. The Morgan fingerprint density at radius 3 is 2.00 bits per heavy atom. The van der Waals surface area contributed by atoms with Crippen molar-refractivity contribution in [1.82, 2.24) is 16.0 Å². The number of nitrogens with two attached hydrogens (primary N) is 1. The van der Waals surface area contributed by atoms with Crippen LogP contribution in [-0.2, 0) is 24.0 Å². The van der Waals surface area contributed by atoms with E-state index < -0.39 is 67.4 Å². The first-order valence-corrected chi connectivity index (χ1v) is 8.16. The van der Waals surface area contributed by atoms with Crippen molar-refractivity contribution >= 4 is 29.7 Å². The van der Waals surface area contributed by atoms with Crippen molar-refractivity contribution < 1.29 is 39.3 Å². The molecule has 0 fully saturated rings. The van der Waals surface area contributed by atoms with Crippen molar-refractivity contribution in [3.63, 3.8) is 0 Å². The van der Waals surface area contributed by atoms with E-state index in [1.54, 1.807) is 0 Å². The molecule has 0 saturated heterocycles. The van der Waals surface area contributed by atoms with Crippen molar-refractivity contribution in [3.05, 3.63) is 0 Å². The molecule has 0 saturated carbocycles. The fourth-order valence-corrected chi connectivity index (χ4v) is 2.00. The zero-order valence-corrected chi connectivity index (χ0v) is 15.1. The molecule has 27 heavy (non-hydrogen) atoms. The second kappa shape index (κ2) is 11.8. The number of hydrogen-bond donors (Lipinski definition) is 7. The van der Waals surface area contributed by atoms with E-state index in [0.717, 1.165) is 0 Å². The zero-order chi connectivity index (χ0) is 21.1. The van der Waals surface area contributed by atoms with Crippen LogP contribution in [0.25, 0.3) is 0 Å². The van der Waals surface area contributed by atoms with E-state index in [1.807, 2.05) is 19.2 Å². The highest BCUT2D eigenvalue weighted by molar-refractivity contribution is 5.94. The Balaban J connectivity index is 4.77. The van der Waals surface area contributed by atoms with E-state index in [1.165, 1.54) is 0 Å². The number of carboxylic acid groups (broad SMARTS) is 2. The van der Waals surface area contributed by atoms with Crippen LogP contribution < -0.4 is 21.7 Å². The molecule has 0 aromatic heterocycles.